The number of amides is 2. The van der Waals surface area contributed by atoms with Crippen LogP contribution in [0.3, 0.4) is 0 Å². The van der Waals surface area contributed by atoms with Crippen LogP contribution in [0.5, 0.6) is 0 Å². The number of rotatable bonds is 4. The third-order valence-corrected chi connectivity index (χ3v) is 3.76. The average Bonchev–Trinajstić information content (AvgIpc) is 2.88. The lowest BCUT2D eigenvalue weighted by Crippen LogP contribution is -2.47. The van der Waals surface area contributed by atoms with Crippen molar-refractivity contribution in [3.8, 4) is 0 Å². The van der Waals surface area contributed by atoms with E-state index in [9.17, 15) is 9.59 Å². The molecule has 0 saturated carbocycles. The zero-order valence-electron chi connectivity index (χ0n) is 12.7. The minimum absolute atomic E-state index is 0.0772. The highest BCUT2D eigenvalue weighted by Gasteiger charge is 2.42. The van der Waals surface area contributed by atoms with E-state index in [-0.39, 0.29) is 18.4 Å². The predicted octanol–water partition coefficient (Wildman–Crippen LogP) is 1.43. The maximum absolute atomic E-state index is 12.2. The second-order valence-electron chi connectivity index (χ2n) is 5.49. The minimum Gasteiger partial charge on any atom is -0.379 e. The Labute approximate surface area is 134 Å². The molecule has 7 heteroatoms. The van der Waals surface area contributed by atoms with Gasteiger partial charge in [-0.05, 0) is 13.0 Å². The number of carbonyl (C=O) groups is 2. The largest absolute Gasteiger partial charge is 0.379 e. The molecule has 0 bridgehead atoms. The molecule has 0 saturated heterocycles. The SMILES string of the molecule is CN(C)C(=O)CNC(=O)[C@@]1(C)CC(c2ccccc2Cl)=NO1. The summed E-state index contributed by atoms with van der Waals surface area (Å²) >= 11 is 6.13. The zero-order valence-corrected chi connectivity index (χ0v) is 13.5. The van der Waals surface area contributed by atoms with Gasteiger partial charge in [-0.1, -0.05) is 35.0 Å². The molecule has 1 atom stereocenters. The van der Waals surface area contributed by atoms with Crippen LogP contribution in [0.15, 0.2) is 29.4 Å². The van der Waals surface area contributed by atoms with E-state index in [0.717, 1.165) is 5.56 Å². The number of benzene rings is 1. The number of likely N-dealkylation sites (N-methyl/N-ethyl adjacent to an activating group) is 1. The molecule has 1 aliphatic heterocycles. The smallest absolute Gasteiger partial charge is 0.267 e. The van der Waals surface area contributed by atoms with Gasteiger partial charge in [-0.25, -0.2) is 0 Å². The lowest BCUT2D eigenvalue weighted by atomic mass is 9.95. The molecule has 0 aromatic heterocycles. The van der Waals surface area contributed by atoms with Gasteiger partial charge in [0.1, 0.15) is 0 Å². The van der Waals surface area contributed by atoms with Crippen LogP contribution in [0, 0.1) is 0 Å². The van der Waals surface area contributed by atoms with Crippen LogP contribution >= 0.6 is 11.6 Å². The summed E-state index contributed by atoms with van der Waals surface area (Å²) in [6.07, 6.45) is 0.290. The third kappa shape index (κ3) is 3.39. The van der Waals surface area contributed by atoms with E-state index < -0.39 is 5.60 Å². The van der Waals surface area contributed by atoms with E-state index in [1.54, 1.807) is 27.1 Å². The first-order valence-corrected chi connectivity index (χ1v) is 7.20. The molecule has 6 nitrogen and oxygen atoms in total. The van der Waals surface area contributed by atoms with E-state index >= 15 is 0 Å². The second-order valence-corrected chi connectivity index (χ2v) is 5.89. The average molecular weight is 324 g/mol. The molecule has 1 aromatic rings. The summed E-state index contributed by atoms with van der Waals surface area (Å²) in [7, 11) is 3.25. The number of halogens is 1. The Kier molecular flexibility index (Phi) is 4.71. The Bertz CT molecular complexity index is 630. The first kappa shape index (κ1) is 16.3. The molecular weight excluding hydrogens is 306 g/mol. The summed E-state index contributed by atoms with van der Waals surface area (Å²) in [5.74, 6) is -0.573. The van der Waals surface area contributed by atoms with E-state index in [1.165, 1.54) is 4.90 Å². The molecule has 22 heavy (non-hydrogen) atoms. The van der Waals surface area contributed by atoms with Crippen LogP contribution in [-0.4, -0.2) is 48.7 Å². The van der Waals surface area contributed by atoms with Crippen molar-refractivity contribution in [1.82, 2.24) is 10.2 Å². The molecule has 1 aromatic carbocycles. The molecule has 2 amide bonds. The maximum atomic E-state index is 12.2. The Balaban J connectivity index is 2.01. The molecule has 0 spiro atoms. The van der Waals surface area contributed by atoms with E-state index in [1.807, 2.05) is 18.2 Å². The van der Waals surface area contributed by atoms with Gasteiger partial charge in [0.05, 0.1) is 12.3 Å². The highest BCUT2D eigenvalue weighted by atomic mass is 35.5. The van der Waals surface area contributed by atoms with Gasteiger partial charge in [-0.3, -0.25) is 9.59 Å². The molecule has 1 aliphatic rings. The standard InChI is InChI=1S/C15H18ClN3O3/c1-15(14(21)17-9-13(20)19(2)3)8-12(18-22-15)10-6-4-5-7-11(10)16/h4-7H,8-9H2,1-3H3,(H,17,21)/t15-/m1/s1. The van der Waals surface area contributed by atoms with Crippen LogP contribution in [0.25, 0.3) is 0 Å². The number of hydrogen-bond acceptors (Lipinski definition) is 4. The van der Waals surface area contributed by atoms with Crippen LogP contribution in [0.1, 0.15) is 18.9 Å². The van der Waals surface area contributed by atoms with Gasteiger partial charge >= 0.3 is 0 Å². The quantitative estimate of drug-likeness (QED) is 0.911. The molecule has 1 heterocycles. The highest BCUT2D eigenvalue weighted by Crippen LogP contribution is 2.29. The number of nitrogens with one attached hydrogen (secondary N) is 1. The van der Waals surface area contributed by atoms with Crippen molar-refractivity contribution in [2.75, 3.05) is 20.6 Å². The summed E-state index contributed by atoms with van der Waals surface area (Å²) in [6.45, 7) is 1.56. The second kappa shape index (κ2) is 6.36. The number of hydrogen-bond donors (Lipinski definition) is 1. The summed E-state index contributed by atoms with van der Waals surface area (Å²) in [4.78, 5) is 30.5. The van der Waals surface area contributed by atoms with Crippen molar-refractivity contribution in [2.24, 2.45) is 5.16 Å². The van der Waals surface area contributed by atoms with Gasteiger partial charge in [0, 0.05) is 31.1 Å². The van der Waals surface area contributed by atoms with Crippen LogP contribution in [0.2, 0.25) is 5.02 Å². The van der Waals surface area contributed by atoms with Crippen molar-refractivity contribution < 1.29 is 14.4 Å². The van der Waals surface area contributed by atoms with Crippen molar-refractivity contribution in [1.29, 1.82) is 0 Å². The molecule has 2 rings (SSSR count). The van der Waals surface area contributed by atoms with Gasteiger partial charge in [0.2, 0.25) is 11.5 Å². The number of carbonyl (C=O) groups excluding carboxylic acids is 2. The fraction of sp³-hybridized carbons (Fsp3) is 0.400. The predicted molar refractivity (Wildman–Crippen MR) is 83.8 cm³/mol. The highest BCUT2D eigenvalue weighted by molar-refractivity contribution is 6.34. The maximum Gasteiger partial charge on any atom is 0.267 e. The van der Waals surface area contributed by atoms with Gasteiger partial charge in [0.25, 0.3) is 5.91 Å². The Hall–Kier alpha value is -2.08. The molecule has 0 aliphatic carbocycles. The first-order valence-electron chi connectivity index (χ1n) is 6.82. The van der Waals surface area contributed by atoms with E-state index in [4.69, 9.17) is 16.4 Å². The van der Waals surface area contributed by atoms with Gasteiger partial charge < -0.3 is 15.1 Å². The normalized spacial score (nSPS) is 20.1. The van der Waals surface area contributed by atoms with Gasteiger partial charge in [-0.15, -0.1) is 0 Å². The topological polar surface area (TPSA) is 71.0 Å². The van der Waals surface area contributed by atoms with Crippen LogP contribution < -0.4 is 5.32 Å². The fourth-order valence-electron chi connectivity index (χ4n) is 2.00. The molecule has 0 radical (unpaired) electrons. The van der Waals surface area contributed by atoms with Crippen LogP contribution in [0.4, 0.5) is 0 Å². The fourth-order valence-corrected chi connectivity index (χ4v) is 2.25. The van der Waals surface area contributed by atoms with E-state index in [0.29, 0.717) is 17.2 Å². The molecule has 118 valence electrons. The van der Waals surface area contributed by atoms with Gasteiger partial charge in [-0.2, -0.15) is 0 Å². The Morgan fingerprint density at radius 2 is 2.09 bits per heavy atom. The monoisotopic (exact) mass is 323 g/mol. The Morgan fingerprint density at radius 1 is 1.41 bits per heavy atom. The number of nitrogens with zero attached hydrogens (tertiary/aromatic N) is 2. The van der Waals surface area contributed by atoms with Crippen molar-refractivity contribution >= 4 is 29.1 Å². The van der Waals surface area contributed by atoms with Gasteiger partial charge in [0.15, 0.2) is 0 Å². The summed E-state index contributed by atoms with van der Waals surface area (Å²) in [5.41, 5.74) is 0.216. The van der Waals surface area contributed by atoms with E-state index in [2.05, 4.69) is 10.5 Å². The lowest BCUT2D eigenvalue weighted by Gasteiger charge is -2.21. The first-order chi connectivity index (χ1) is 10.3. The molecule has 1 N–H and O–H groups in total. The summed E-state index contributed by atoms with van der Waals surface area (Å²) in [6, 6.07) is 7.24. The van der Waals surface area contributed by atoms with Crippen molar-refractivity contribution in [2.45, 2.75) is 18.9 Å². The Morgan fingerprint density at radius 3 is 2.73 bits per heavy atom. The minimum atomic E-state index is -1.14. The third-order valence-electron chi connectivity index (χ3n) is 3.43. The zero-order chi connectivity index (χ0) is 16.3. The van der Waals surface area contributed by atoms with Crippen molar-refractivity contribution in [3.05, 3.63) is 34.9 Å². The summed E-state index contributed by atoms with van der Waals surface area (Å²) in [5, 5.41) is 7.10. The molecular formula is C15H18ClN3O3. The molecule has 0 fully saturated rings. The van der Waals surface area contributed by atoms with Crippen LogP contribution in [-0.2, 0) is 14.4 Å². The molecule has 0 unspecified atom stereocenters. The van der Waals surface area contributed by atoms with Crippen molar-refractivity contribution in [3.63, 3.8) is 0 Å². The lowest BCUT2D eigenvalue weighted by molar-refractivity contribution is -0.143. The summed E-state index contributed by atoms with van der Waals surface area (Å²) < 4.78 is 0. The number of oxime groups is 1.